The first-order valence-corrected chi connectivity index (χ1v) is 8.96. The molecule has 0 saturated heterocycles. The van der Waals surface area contributed by atoms with E-state index >= 15 is 0 Å². The maximum Gasteiger partial charge on any atom is 0.331 e. The highest BCUT2D eigenvalue weighted by Gasteiger charge is 2.30. The Morgan fingerprint density at radius 2 is 1.96 bits per heavy atom. The van der Waals surface area contributed by atoms with Gasteiger partial charge < -0.3 is 20.1 Å². The highest BCUT2D eigenvalue weighted by atomic mass is 16.5. The fourth-order valence-electron chi connectivity index (χ4n) is 2.98. The normalized spacial score (nSPS) is 21.5. The van der Waals surface area contributed by atoms with Crippen LogP contribution >= 0.6 is 0 Å². The van der Waals surface area contributed by atoms with Crippen LogP contribution in [0.4, 0.5) is 0 Å². The quantitative estimate of drug-likeness (QED) is 0.659. The smallest absolute Gasteiger partial charge is 0.331 e. The predicted molar refractivity (Wildman–Crippen MR) is 100 cm³/mol. The Morgan fingerprint density at radius 3 is 2.65 bits per heavy atom. The Kier molecular flexibility index (Phi) is 6.48. The van der Waals surface area contributed by atoms with Crippen LogP contribution in [0, 0.1) is 0 Å². The number of rotatable bonds is 1. The van der Waals surface area contributed by atoms with Crippen molar-refractivity contribution in [2.24, 2.45) is 0 Å². The topological polar surface area (TPSA) is 87.0 Å². The maximum atomic E-state index is 11.5. The molecular formula is C21H28O5. The molecule has 5 heteroatoms. The second kappa shape index (κ2) is 8.41. The number of aliphatic hydroxyl groups excluding tert-OH is 1. The summed E-state index contributed by atoms with van der Waals surface area (Å²) < 4.78 is 5.98. The number of aliphatic carboxylic acids is 1. The molecule has 0 radical (unpaired) electrons. The van der Waals surface area contributed by atoms with Crippen molar-refractivity contribution in [3.63, 3.8) is 0 Å². The van der Waals surface area contributed by atoms with Crippen LogP contribution < -0.4 is 4.74 Å². The first-order valence-electron chi connectivity index (χ1n) is 8.96. The average molecular weight is 360 g/mol. The molecule has 26 heavy (non-hydrogen) atoms. The number of carboxylic acids is 1. The lowest BCUT2D eigenvalue weighted by molar-refractivity contribution is -0.132. The third kappa shape index (κ3) is 5.36. The minimum absolute atomic E-state index is 0.0942. The van der Waals surface area contributed by atoms with Crippen LogP contribution in [0.3, 0.4) is 0 Å². The van der Waals surface area contributed by atoms with E-state index < -0.39 is 17.7 Å². The second-order valence-electron chi connectivity index (χ2n) is 7.38. The van der Waals surface area contributed by atoms with E-state index in [2.05, 4.69) is 0 Å². The van der Waals surface area contributed by atoms with Crippen LogP contribution in [0.1, 0.15) is 52.0 Å². The number of carbonyl (C=O) groups is 1. The van der Waals surface area contributed by atoms with Gasteiger partial charge in [-0.25, -0.2) is 4.79 Å². The second-order valence-corrected chi connectivity index (χ2v) is 7.38. The molecule has 1 heterocycles. The van der Waals surface area contributed by atoms with Gasteiger partial charge in [0.2, 0.25) is 0 Å². The van der Waals surface area contributed by atoms with Crippen molar-refractivity contribution >= 4 is 5.97 Å². The van der Waals surface area contributed by atoms with Crippen LogP contribution in [-0.4, -0.2) is 33.0 Å². The highest BCUT2D eigenvalue weighted by molar-refractivity contribution is 5.86. The van der Waals surface area contributed by atoms with Crippen molar-refractivity contribution in [1.82, 2.24) is 0 Å². The van der Waals surface area contributed by atoms with E-state index in [1.807, 2.05) is 26.8 Å². The first kappa shape index (κ1) is 20.0. The molecule has 2 rings (SSSR count). The minimum Gasteiger partial charge on any atom is -0.508 e. The van der Waals surface area contributed by atoms with Gasteiger partial charge in [-0.05, 0) is 71.1 Å². The summed E-state index contributed by atoms with van der Waals surface area (Å²) in [5.74, 6) is -0.310. The molecule has 1 aromatic carbocycles. The predicted octanol–water partition coefficient (Wildman–Crippen LogP) is 3.98. The summed E-state index contributed by atoms with van der Waals surface area (Å²) in [4.78, 5) is 11.5. The minimum atomic E-state index is -0.941. The van der Waals surface area contributed by atoms with Gasteiger partial charge in [0.1, 0.15) is 17.1 Å². The lowest BCUT2D eigenvalue weighted by Crippen LogP contribution is -2.42. The zero-order valence-corrected chi connectivity index (χ0v) is 15.7. The Morgan fingerprint density at radius 1 is 1.23 bits per heavy atom. The van der Waals surface area contributed by atoms with Crippen LogP contribution in [0.5, 0.6) is 11.5 Å². The number of phenols is 1. The molecule has 1 aliphatic rings. The molecule has 2 bridgehead atoms. The fourth-order valence-corrected chi connectivity index (χ4v) is 2.98. The van der Waals surface area contributed by atoms with Gasteiger partial charge in [-0.1, -0.05) is 17.7 Å². The van der Waals surface area contributed by atoms with Crippen molar-refractivity contribution in [1.29, 1.82) is 0 Å². The molecule has 0 aliphatic carbocycles. The Balaban J connectivity index is 2.38. The van der Waals surface area contributed by atoms with Crippen molar-refractivity contribution in [2.75, 3.05) is 0 Å². The molecule has 0 aromatic heterocycles. The van der Waals surface area contributed by atoms with Gasteiger partial charge in [0.05, 0.1) is 6.10 Å². The lowest BCUT2D eigenvalue weighted by atomic mass is 9.95. The molecule has 0 unspecified atom stereocenters. The van der Waals surface area contributed by atoms with E-state index in [1.165, 1.54) is 6.07 Å². The summed E-state index contributed by atoms with van der Waals surface area (Å²) in [5.41, 5.74) is 1.26. The summed E-state index contributed by atoms with van der Waals surface area (Å²) in [6, 6.07) is 4.88. The zero-order valence-electron chi connectivity index (χ0n) is 15.7. The first-order chi connectivity index (χ1) is 12.2. The standard InChI is InChI=1S/C21H28O5/c1-14-5-4-6-15(20(24)25)8-9-16-13-17(10-11-18(16)22)26-21(2,3)19(23)12-7-14/h5,8,10-11,13,19,22-23H,4,6-7,9,12H2,1-3H3,(H,24,25)/t19-/m0/s1. The van der Waals surface area contributed by atoms with Gasteiger partial charge in [-0.15, -0.1) is 0 Å². The summed E-state index contributed by atoms with van der Waals surface area (Å²) in [6.45, 7) is 5.66. The lowest BCUT2D eigenvalue weighted by Gasteiger charge is -2.32. The number of fused-ring (bicyclic) bond motifs is 2. The van der Waals surface area contributed by atoms with Gasteiger partial charge >= 0.3 is 5.97 Å². The van der Waals surface area contributed by atoms with Crippen LogP contribution in [-0.2, 0) is 11.2 Å². The van der Waals surface area contributed by atoms with E-state index in [-0.39, 0.29) is 5.75 Å². The van der Waals surface area contributed by atoms with Crippen LogP contribution in [0.2, 0.25) is 0 Å². The third-order valence-corrected chi connectivity index (χ3v) is 4.80. The number of benzene rings is 1. The maximum absolute atomic E-state index is 11.5. The number of hydrogen-bond acceptors (Lipinski definition) is 4. The molecular weight excluding hydrogens is 332 g/mol. The number of ether oxygens (including phenoxy) is 1. The van der Waals surface area contributed by atoms with E-state index in [4.69, 9.17) is 4.74 Å². The van der Waals surface area contributed by atoms with Gasteiger partial charge in [-0.3, -0.25) is 0 Å². The SMILES string of the molecule is CC1=CCCC(C(=O)O)=CCc2cc(ccc2O)OC(C)(C)[C@@H](O)CC1. The summed E-state index contributed by atoms with van der Waals surface area (Å²) >= 11 is 0. The molecule has 1 aliphatic heterocycles. The van der Waals surface area contributed by atoms with Crippen molar-refractivity contribution in [3.05, 3.63) is 47.1 Å². The van der Waals surface area contributed by atoms with Crippen molar-refractivity contribution in [2.45, 2.75) is 64.6 Å². The number of phenolic OH excluding ortho intramolecular Hbond substituents is 1. The van der Waals surface area contributed by atoms with Gasteiger partial charge in [-0.2, -0.15) is 0 Å². The summed E-state index contributed by atoms with van der Waals surface area (Å²) in [7, 11) is 0. The van der Waals surface area contributed by atoms with E-state index in [1.54, 1.807) is 18.2 Å². The van der Waals surface area contributed by atoms with E-state index in [9.17, 15) is 20.1 Å². The van der Waals surface area contributed by atoms with Crippen LogP contribution in [0.15, 0.2) is 41.5 Å². The Hall–Kier alpha value is -2.27. The van der Waals surface area contributed by atoms with Gasteiger partial charge in [0.25, 0.3) is 0 Å². The fraction of sp³-hybridized carbons (Fsp3) is 0.476. The van der Waals surface area contributed by atoms with Crippen LogP contribution in [0.25, 0.3) is 0 Å². The molecule has 0 spiro atoms. The average Bonchev–Trinajstić information content (AvgIpc) is 2.56. The third-order valence-electron chi connectivity index (χ3n) is 4.80. The van der Waals surface area contributed by atoms with Gasteiger partial charge in [0.15, 0.2) is 0 Å². The Bertz CT molecular complexity index is 715. The zero-order chi connectivity index (χ0) is 19.3. The monoisotopic (exact) mass is 360 g/mol. The van der Waals surface area contributed by atoms with E-state index in [0.717, 1.165) is 12.0 Å². The Labute approximate surface area is 154 Å². The summed E-state index contributed by atoms with van der Waals surface area (Å²) in [5, 5.41) is 30.0. The number of aliphatic hydroxyl groups is 1. The van der Waals surface area contributed by atoms with Crippen molar-refractivity contribution in [3.8, 4) is 11.5 Å². The summed E-state index contributed by atoms with van der Waals surface area (Å²) in [6.07, 6.45) is 5.65. The van der Waals surface area contributed by atoms with Gasteiger partial charge in [0, 0.05) is 11.1 Å². The number of aromatic hydroxyl groups is 1. The van der Waals surface area contributed by atoms with E-state index in [0.29, 0.717) is 42.6 Å². The molecule has 3 N–H and O–H groups in total. The molecule has 0 saturated carbocycles. The number of hydrogen-bond donors (Lipinski definition) is 3. The molecule has 5 nitrogen and oxygen atoms in total. The highest BCUT2D eigenvalue weighted by Crippen LogP contribution is 2.29. The largest absolute Gasteiger partial charge is 0.508 e. The molecule has 0 amide bonds. The number of carboxylic acid groups (broad SMARTS) is 1. The number of allylic oxidation sites excluding steroid dienone is 3. The molecule has 142 valence electrons. The molecule has 0 fully saturated rings. The van der Waals surface area contributed by atoms with Crippen molar-refractivity contribution < 1.29 is 24.9 Å². The molecule has 1 aromatic rings. The molecule has 1 atom stereocenters.